The molecule has 0 radical (unpaired) electrons. The SMILES string of the molecule is CC(C)OC(=O)COc1c(N)cccc1Cl. The van der Waals surface area contributed by atoms with Crippen molar-refractivity contribution in [1.29, 1.82) is 0 Å². The van der Waals surface area contributed by atoms with Crippen LogP contribution >= 0.6 is 11.6 Å². The Kier molecular flexibility index (Phi) is 4.43. The van der Waals surface area contributed by atoms with Crippen LogP contribution in [0, 0.1) is 0 Å². The number of carbonyl (C=O) groups excluding carboxylic acids is 1. The zero-order valence-electron chi connectivity index (χ0n) is 9.20. The second-order valence-electron chi connectivity index (χ2n) is 3.49. The third-order valence-corrected chi connectivity index (χ3v) is 2.00. The number of esters is 1. The summed E-state index contributed by atoms with van der Waals surface area (Å²) in [6.07, 6.45) is -0.167. The average molecular weight is 244 g/mol. The maximum absolute atomic E-state index is 11.2. The van der Waals surface area contributed by atoms with Crippen LogP contribution in [0.1, 0.15) is 13.8 Å². The van der Waals surface area contributed by atoms with Crippen molar-refractivity contribution >= 4 is 23.3 Å². The van der Waals surface area contributed by atoms with E-state index >= 15 is 0 Å². The summed E-state index contributed by atoms with van der Waals surface area (Å²) in [4.78, 5) is 11.2. The number of nitrogen functional groups attached to an aromatic ring is 1. The smallest absolute Gasteiger partial charge is 0.344 e. The predicted octanol–water partition coefficient (Wildman–Crippen LogP) is 2.25. The maximum Gasteiger partial charge on any atom is 0.344 e. The molecule has 0 heterocycles. The van der Waals surface area contributed by atoms with E-state index in [4.69, 9.17) is 26.8 Å². The van der Waals surface area contributed by atoms with Crippen molar-refractivity contribution in [3.63, 3.8) is 0 Å². The topological polar surface area (TPSA) is 61.5 Å². The van der Waals surface area contributed by atoms with Gasteiger partial charge in [0.25, 0.3) is 0 Å². The van der Waals surface area contributed by atoms with Crippen LogP contribution in [0.25, 0.3) is 0 Å². The first-order chi connectivity index (χ1) is 7.50. The molecule has 0 bridgehead atoms. The van der Waals surface area contributed by atoms with Gasteiger partial charge in [0.2, 0.25) is 0 Å². The average Bonchev–Trinajstić information content (AvgIpc) is 2.15. The van der Waals surface area contributed by atoms with E-state index in [1.165, 1.54) is 0 Å². The molecule has 16 heavy (non-hydrogen) atoms. The lowest BCUT2D eigenvalue weighted by molar-refractivity contribution is -0.149. The lowest BCUT2D eigenvalue weighted by Crippen LogP contribution is -2.19. The van der Waals surface area contributed by atoms with Gasteiger partial charge in [-0.3, -0.25) is 0 Å². The molecule has 0 aliphatic heterocycles. The minimum absolute atomic E-state index is 0.167. The molecule has 0 aromatic heterocycles. The summed E-state index contributed by atoms with van der Waals surface area (Å²) in [5.74, 6) is -0.140. The summed E-state index contributed by atoms with van der Waals surface area (Å²) in [6, 6.07) is 4.99. The Hall–Kier alpha value is -1.42. The zero-order chi connectivity index (χ0) is 12.1. The van der Waals surface area contributed by atoms with Crippen molar-refractivity contribution in [2.24, 2.45) is 0 Å². The molecule has 1 aromatic carbocycles. The Morgan fingerprint density at radius 3 is 2.75 bits per heavy atom. The number of anilines is 1. The summed E-state index contributed by atoms with van der Waals surface area (Å²) in [5.41, 5.74) is 6.04. The highest BCUT2D eigenvalue weighted by molar-refractivity contribution is 6.32. The molecule has 0 aliphatic carbocycles. The summed E-state index contributed by atoms with van der Waals surface area (Å²) >= 11 is 5.86. The lowest BCUT2D eigenvalue weighted by Gasteiger charge is -2.11. The molecule has 0 fully saturated rings. The van der Waals surface area contributed by atoms with Crippen LogP contribution in [0.15, 0.2) is 18.2 Å². The number of hydrogen-bond acceptors (Lipinski definition) is 4. The van der Waals surface area contributed by atoms with Crippen LogP contribution in [0.5, 0.6) is 5.75 Å². The van der Waals surface area contributed by atoms with Crippen LogP contribution in [-0.2, 0) is 9.53 Å². The Morgan fingerprint density at radius 2 is 2.19 bits per heavy atom. The second-order valence-corrected chi connectivity index (χ2v) is 3.89. The van der Waals surface area contributed by atoms with Gasteiger partial charge in [-0.25, -0.2) is 4.79 Å². The number of para-hydroxylation sites is 1. The molecule has 0 atom stereocenters. The third kappa shape index (κ3) is 3.62. The van der Waals surface area contributed by atoms with E-state index in [1.807, 2.05) is 0 Å². The highest BCUT2D eigenvalue weighted by atomic mass is 35.5. The minimum Gasteiger partial charge on any atom is -0.478 e. The van der Waals surface area contributed by atoms with Crippen molar-refractivity contribution in [2.75, 3.05) is 12.3 Å². The molecule has 88 valence electrons. The highest BCUT2D eigenvalue weighted by Crippen LogP contribution is 2.30. The van der Waals surface area contributed by atoms with Crippen LogP contribution in [0.2, 0.25) is 5.02 Å². The van der Waals surface area contributed by atoms with Crippen molar-refractivity contribution in [3.05, 3.63) is 23.2 Å². The zero-order valence-corrected chi connectivity index (χ0v) is 9.95. The first kappa shape index (κ1) is 12.6. The van der Waals surface area contributed by atoms with Crippen LogP contribution < -0.4 is 10.5 Å². The van der Waals surface area contributed by atoms with Gasteiger partial charge in [0, 0.05) is 0 Å². The number of hydrogen-bond donors (Lipinski definition) is 1. The molecule has 5 heteroatoms. The molecule has 0 saturated carbocycles. The molecule has 0 unspecified atom stereocenters. The van der Waals surface area contributed by atoms with Gasteiger partial charge in [-0.05, 0) is 26.0 Å². The lowest BCUT2D eigenvalue weighted by atomic mass is 10.3. The first-order valence-corrected chi connectivity index (χ1v) is 5.24. The standard InChI is InChI=1S/C11H14ClNO3/c1-7(2)16-10(14)6-15-11-8(12)4-3-5-9(11)13/h3-5,7H,6,13H2,1-2H3. The van der Waals surface area contributed by atoms with Gasteiger partial charge >= 0.3 is 5.97 Å². The highest BCUT2D eigenvalue weighted by Gasteiger charge is 2.10. The summed E-state index contributed by atoms with van der Waals surface area (Å²) in [7, 11) is 0. The van der Waals surface area contributed by atoms with Gasteiger partial charge < -0.3 is 15.2 Å². The van der Waals surface area contributed by atoms with Crippen molar-refractivity contribution in [3.8, 4) is 5.75 Å². The fourth-order valence-corrected chi connectivity index (χ4v) is 1.34. The van der Waals surface area contributed by atoms with Gasteiger partial charge in [-0.15, -0.1) is 0 Å². The summed E-state index contributed by atoms with van der Waals surface area (Å²) in [6.45, 7) is 3.33. The van der Waals surface area contributed by atoms with Crippen LogP contribution in [-0.4, -0.2) is 18.7 Å². The minimum atomic E-state index is -0.450. The number of halogens is 1. The molecule has 1 rings (SSSR count). The van der Waals surface area contributed by atoms with E-state index in [0.717, 1.165) is 0 Å². The van der Waals surface area contributed by atoms with E-state index < -0.39 is 5.97 Å². The van der Waals surface area contributed by atoms with E-state index in [1.54, 1.807) is 32.0 Å². The molecule has 1 aromatic rings. The molecular weight excluding hydrogens is 230 g/mol. The fourth-order valence-electron chi connectivity index (χ4n) is 1.11. The maximum atomic E-state index is 11.2. The predicted molar refractivity (Wildman–Crippen MR) is 62.6 cm³/mol. The van der Waals surface area contributed by atoms with Gasteiger partial charge in [0.15, 0.2) is 12.4 Å². The quantitative estimate of drug-likeness (QED) is 0.651. The van der Waals surface area contributed by atoms with E-state index in [9.17, 15) is 4.79 Å². The number of nitrogens with two attached hydrogens (primary N) is 1. The summed E-state index contributed by atoms with van der Waals surface area (Å²) < 4.78 is 10.1. The third-order valence-electron chi connectivity index (χ3n) is 1.70. The van der Waals surface area contributed by atoms with Crippen molar-refractivity contribution in [1.82, 2.24) is 0 Å². The number of carbonyl (C=O) groups is 1. The normalized spacial score (nSPS) is 10.2. The molecule has 0 spiro atoms. The molecular formula is C11H14ClNO3. The number of rotatable bonds is 4. The Balaban J connectivity index is 2.58. The molecule has 0 saturated heterocycles. The Labute approximate surface area is 99.3 Å². The number of benzene rings is 1. The first-order valence-electron chi connectivity index (χ1n) is 4.87. The van der Waals surface area contributed by atoms with Crippen LogP contribution in [0.3, 0.4) is 0 Å². The van der Waals surface area contributed by atoms with Crippen LogP contribution in [0.4, 0.5) is 5.69 Å². The van der Waals surface area contributed by atoms with E-state index in [0.29, 0.717) is 16.5 Å². The van der Waals surface area contributed by atoms with Crippen molar-refractivity contribution < 1.29 is 14.3 Å². The molecule has 0 aliphatic rings. The van der Waals surface area contributed by atoms with E-state index in [-0.39, 0.29) is 12.7 Å². The Bertz CT molecular complexity index is 359. The summed E-state index contributed by atoms with van der Waals surface area (Å²) in [5, 5.41) is 0.373. The molecule has 0 amide bonds. The monoisotopic (exact) mass is 243 g/mol. The molecule has 2 N–H and O–H groups in total. The van der Waals surface area contributed by atoms with Crippen molar-refractivity contribution in [2.45, 2.75) is 20.0 Å². The fraction of sp³-hybridized carbons (Fsp3) is 0.364. The van der Waals surface area contributed by atoms with E-state index in [2.05, 4.69) is 0 Å². The number of ether oxygens (including phenoxy) is 2. The van der Waals surface area contributed by atoms with Gasteiger partial charge in [0.05, 0.1) is 16.8 Å². The van der Waals surface area contributed by atoms with Gasteiger partial charge in [0.1, 0.15) is 0 Å². The van der Waals surface area contributed by atoms with Gasteiger partial charge in [-0.2, -0.15) is 0 Å². The Morgan fingerprint density at radius 1 is 1.50 bits per heavy atom. The molecule has 4 nitrogen and oxygen atoms in total. The van der Waals surface area contributed by atoms with Gasteiger partial charge in [-0.1, -0.05) is 17.7 Å². The largest absolute Gasteiger partial charge is 0.478 e. The second kappa shape index (κ2) is 5.61.